The van der Waals surface area contributed by atoms with E-state index < -0.39 is 0 Å². The van der Waals surface area contributed by atoms with E-state index in [1.54, 1.807) is 0 Å². The van der Waals surface area contributed by atoms with Crippen LogP contribution in [0.15, 0.2) is 41.1 Å². The van der Waals surface area contributed by atoms with Crippen LogP contribution < -0.4 is 5.32 Å². The van der Waals surface area contributed by atoms with Gasteiger partial charge in [0.25, 0.3) is 0 Å². The van der Waals surface area contributed by atoms with Crippen LogP contribution >= 0.6 is 15.9 Å². The Hall–Kier alpha value is -1.33. The fraction of sp³-hybridized carbons (Fsp3) is 0.357. The van der Waals surface area contributed by atoms with Crippen molar-refractivity contribution in [1.29, 1.82) is 0 Å². The van der Waals surface area contributed by atoms with Crippen LogP contribution in [0.25, 0.3) is 0 Å². The van der Waals surface area contributed by atoms with Crippen molar-refractivity contribution in [3.8, 4) is 0 Å². The van der Waals surface area contributed by atoms with Crippen molar-refractivity contribution in [1.82, 2.24) is 9.78 Å². The summed E-state index contributed by atoms with van der Waals surface area (Å²) in [6.07, 6.45) is 4.83. The second-order valence-electron chi connectivity index (χ2n) is 4.43. The number of rotatable bonds is 6. The molecule has 0 saturated heterocycles. The van der Waals surface area contributed by atoms with Crippen LogP contribution in [0.3, 0.4) is 0 Å². The van der Waals surface area contributed by atoms with E-state index >= 15 is 0 Å². The minimum Gasteiger partial charge on any atom is -0.394 e. The van der Waals surface area contributed by atoms with Crippen molar-refractivity contribution in [2.75, 3.05) is 11.9 Å². The number of hydrogen-bond acceptors (Lipinski definition) is 3. The highest BCUT2D eigenvalue weighted by molar-refractivity contribution is 9.10. The molecule has 0 aliphatic carbocycles. The van der Waals surface area contributed by atoms with Gasteiger partial charge in [0.05, 0.1) is 18.8 Å². The van der Waals surface area contributed by atoms with E-state index in [0.717, 1.165) is 28.7 Å². The van der Waals surface area contributed by atoms with E-state index in [9.17, 15) is 5.11 Å². The molecular formula is C14H18BrN3O. The summed E-state index contributed by atoms with van der Waals surface area (Å²) in [6, 6.07) is 7.75. The molecule has 2 rings (SSSR count). The fourth-order valence-electron chi connectivity index (χ4n) is 1.92. The number of nitrogens with zero attached hydrogens (tertiary/aromatic N) is 2. The predicted molar refractivity (Wildman–Crippen MR) is 80.1 cm³/mol. The molecule has 2 N–H and O–H groups in total. The summed E-state index contributed by atoms with van der Waals surface area (Å²) in [5.74, 6) is 0. The molecule has 5 heteroatoms. The maximum Gasteiger partial charge on any atom is 0.0775 e. The van der Waals surface area contributed by atoms with Crippen molar-refractivity contribution in [3.05, 3.63) is 46.7 Å². The van der Waals surface area contributed by atoms with Crippen molar-refractivity contribution >= 4 is 21.6 Å². The number of anilines is 1. The first kappa shape index (κ1) is 14.1. The predicted octanol–water partition coefficient (Wildman–Crippen LogP) is 3.20. The number of benzene rings is 1. The monoisotopic (exact) mass is 323 g/mol. The zero-order chi connectivity index (χ0) is 13.7. The van der Waals surface area contributed by atoms with E-state index in [0.29, 0.717) is 0 Å². The van der Waals surface area contributed by atoms with Gasteiger partial charge < -0.3 is 10.4 Å². The lowest BCUT2D eigenvalue weighted by atomic mass is 10.1. The lowest BCUT2D eigenvalue weighted by molar-refractivity contribution is 0.276. The van der Waals surface area contributed by atoms with Crippen LogP contribution in [0.1, 0.15) is 24.9 Å². The van der Waals surface area contributed by atoms with Gasteiger partial charge in [-0.1, -0.05) is 28.9 Å². The van der Waals surface area contributed by atoms with E-state index in [4.69, 9.17) is 0 Å². The number of aromatic nitrogens is 2. The Morgan fingerprint density at radius 1 is 1.47 bits per heavy atom. The maximum absolute atomic E-state index is 9.54. The molecule has 1 unspecified atom stereocenters. The highest BCUT2D eigenvalue weighted by Gasteiger charge is 2.12. The van der Waals surface area contributed by atoms with Gasteiger partial charge in [-0.2, -0.15) is 5.10 Å². The lowest BCUT2D eigenvalue weighted by Crippen LogP contribution is -2.14. The zero-order valence-electron chi connectivity index (χ0n) is 10.9. The van der Waals surface area contributed by atoms with Gasteiger partial charge in [0.2, 0.25) is 0 Å². The van der Waals surface area contributed by atoms with Crippen LogP contribution in [0.5, 0.6) is 0 Å². The molecule has 0 aliphatic rings. The largest absolute Gasteiger partial charge is 0.394 e. The molecule has 4 nitrogen and oxygen atoms in total. The quantitative estimate of drug-likeness (QED) is 0.858. The molecule has 0 aliphatic heterocycles. The van der Waals surface area contributed by atoms with Crippen LogP contribution in [0, 0.1) is 0 Å². The summed E-state index contributed by atoms with van der Waals surface area (Å²) in [4.78, 5) is 0. The summed E-state index contributed by atoms with van der Waals surface area (Å²) >= 11 is 3.44. The van der Waals surface area contributed by atoms with E-state index in [-0.39, 0.29) is 12.6 Å². The lowest BCUT2D eigenvalue weighted by Gasteiger charge is -2.16. The number of aliphatic hydroxyl groups excluding tert-OH is 1. The summed E-state index contributed by atoms with van der Waals surface area (Å²) in [6.45, 7) is 3.05. The van der Waals surface area contributed by atoms with Crippen LogP contribution in [0.4, 0.5) is 5.69 Å². The minimum atomic E-state index is -0.139. The number of nitrogens with one attached hydrogen (secondary N) is 1. The average Bonchev–Trinajstić information content (AvgIpc) is 2.85. The molecule has 2 aromatic rings. The maximum atomic E-state index is 9.54. The van der Waals surface area contributed by atoms with Crippen LogP contribution in [-0.2, 0) is 6.54 Å². The zero-order valence-corrected chi connectivity index (χ0v) is 12.5. The number of halogens is 1. The highest BCUT2D eigenvalue weighted by atomic mass is 79.9. The van der Waals surface area contributed by atoms with Crippen molar-refractivity contribution < 1.29 is 5.11 Å². The van der Waals surface area contributed by atoms with Gasteiger partial charge in [0.1, 0.15) is 0 Å². The molecule has 19 heavy (non-hydrogen) atoms. The summed E-state index contributed by atoms with van der Waals surface area (Å²) < 4.78 is 2.91. The number of aryl methyl sites for hydroxylation is 1. The molecule has 1 atom stereocenters. The smallest absolute Gasteiger partial charge is 0.0775 e. The summed E-state index contributed by atoms with van der Waals surface area (Å²) in [5, 5.41) is 17.1. The van der Waals surface area contributed by atoms with Gasteiger partial charge in [-0.15, -0.1) is 0 Å². The molecule has 1 aromatic heterocycles. The van der Waals surface area contributed by atoms with Crippen LogP contribution in [-0.4, -0.2) is 21.5 Å². The Balaban J connectivity index is 2.10. The molecule has 0 spiro atoms. The molecule has 102 valence electrons. The van der Waals surface area contributed by atoms with Crippen molar-refractivity contribution in [3.63, 3.8) is 0 Å². The topological polar surface area (TPSA) is 50.1 Å². The second-order valence-corrected chi connectivity index (χ2v) is 5.34. The molecule has 0 bridgehead atoms. The molecule has 1 heterocycles. The van der Waals surface area contributed by atoms with Crippen LogP contribution in [0.2, 0.25) is 0 Å². The van der Waals surface area contributed by atoms with Gasteiger partial charge in [-0.05, 0) is 24.6 Å². The van der Waals surface area contributed by atoms with Gasteiger partial charge in [0.15, 0.2) is 0 Å². The molecule has 0 amide bonds. The summed E-state index contributed by atoms with van der Waals surface area (Å²) in [7, 11) is 0. The third-order valence-electron chi connectivity index (χ3n) is 2.86. The van der Waals surface area contributed by atoms with E-state index in [1.807, 2.05) is 41.3 Å². The number of aliphatic hydroxyl groups is 1. The molecule has 0 fully saturated rings. The second kappa shape index (κ2) is 6.73. The van der Waals surface area contributed by atoms with Gasteiger partial charge in [-0.3, -0.25) is 4.68 Å². The molecule has 1 aromatic carbocycles. The summed E-state index contributed by atoms with van der Waals surface area (Å²) in [5.41, 5.74) is 1.97. The van der Waals surface area contributed by atoms with Gasteiger partial charge in [0, 0.05) is 28.5 Å². The Bertz CT molecular complexity index is 527. The van der Waals surface area contributed by atoms with Gasteiger partial charge >= 0.3 is 0 Å². The molecule has 0 saturated carbocycles. The Morgan fingerprint density at radius 2 is 2.32 bits per heavy atom. The highest BCUT2D eigenvalue weighted by Crippen LogP contribution is 2.21. The molecule has 0 radical (unpaired) electrons. The minimum absolute atomic E-state index is 0.0321. The van der Waals surface area contributed by atoms with Gasteiger partial charge in [-0.25, -0.2) is 0 Å². The first-order chi connectivity index (χ1) is 9.22. The van der Waals surface area contributed by atoms with E-state index in [2.05, 4.69) is 33.3 Å². The normalized spacial score (nSPS) is 12.4. The SMILES string of the molecule is CCCn1cc(C(CO)Nc2cccc(Br)c2)cn1. The Labute approximate surface area is 121 Å². The molecular weight excluding hydrogens is 306 g/mol. The fourth-order valence-corrected chi connectivity index (χ4v) is 2.32. The third kappa shape index (κ3) is 3.81. The first-order valence-corrected chi connectivity index (χ1v) is 7.17. The Morgan fingerprint density at radius 3 is 3.00 bits per heavy atom. The first-order valence-electron chi connectivity index (χ1n) is 6.38. The van der Waals surface area contributed by atoms with Crippen molar-refractivity contribution in [2.45, 2.75) is 25.9 Å². The number of hydrogen-bond donors (Lipinski definition) is 2. The third-order valence-corrected chi connectivity index (χ3v) is 3.35. The van der Waals surface area contributed by atoms with Crippen molar-refractivity contribution in [2.24, 2.45) is 0 Å². The average molecular weight is 324 g/mol. The van der Waals surface area contributed by atoms with E-state index in [1.165, 1.54) is 0 Å². The standard InChI is InChI=1S/C14H18BrN3O/c1-2-6-18-9-11(8-16-18)14(10-19)17-13-5-3-4-12(15)7-13/h3-5,7-9,14,17,19H,2,6,10H2,1H3. The Kier molecular flexibility index (Phi) is 4.99.